The van der Waals surface area contributed by atoms with Gasteiger partial charge in [-0.25, -0.2) is 14.6 Å². The molecule has 2 aromatic carbocycles. The fourth-order valence-corrected chi connectivity index (χ4v) is 5.47. The van der Waals surface area contributed by atoms with Gasteiger partial charge in [0.25, 0.3) is 0 Å². The molecule has 0 unspecified atom stereocenters. The monoisotopic (exact) mass is 437 g/mol. The number of nitrogens with zero attached hydrogens (tertiary/aromatic N) is 4. The second kappa shape index (κ2) is 9.06. The van der Waals surface area contributed by atoms with Gasteiger partial charge >= 0.3 is 0 Å². The maximum Gasteiger partial charge on any atom is 0.161 e. The van der Waals surface area contributed by atoms with Crippen LogP contribution in [0.15, 0.2) is 60.9 Å². The molecule has 2 aromatic heterocycles. The molecule has 5 heteroatoms. The Morgan fingerprint density at radius 2 is 1.58 bits per heavy atom. The summed E-state index contributed by atoms with van der Waals surface area (Å²) in [5.41, 5.74) is 6.54. The summed E-state index contributed by atoms with van der Waals surface area (Å²) in [6.45, 7) is 0.905. The second-order valence-electron chi connectivity index (χ2n) is 9.69. The van der Waals surface area contributed by atoms with Crippen molar-refractivity contribution < 1.29 is 0 Å². The molecule has 4 aromatic rings. The molecule has 5 nitrogen and oxygen atoms in total. The number of nitrogens with one attached hydrogen (secondary N) is 1. The molecular formula is C28H31N5. The van der Waals surface area contributed by atoms with Crippen LogP contribution in [0.25, 0.3) is 11.0 Å². The Hall–Kier alpha value is -3.05. The van der Waals surface area contributed by atoms with Crippen molar-refractivity contribution in [1.29, 1.82) is 0 Å². The SMILES string of the molecule is c1ccc2c(c1)CC(NCc1ccc(Cc3ncc4cnn(C5CCCCC5)c4n3)cc1)C2. The number of hydrogen-bond acceptors (Lipinski definition) is 4. The minimum absolute atomic E-state index is 0.485. The van der Waals surface area contributed by atoms with Crippen LogP contribution in [0.1, 0.15) is 66.2 Å². The van der Waals surface area contributed by atoms with E-state index in [0.717, 1.165) is 42.7 Å². The van der Waals surface area contributed by atoms with Gasteiger partial charge in [-0.1, -0.05) is 67.8 Å². The highest BCUT2D eigenvalue weighted by Gasteiger charge is 2.20. The fraction of sp³-hybridized carbons (Fsp3) is 0.393. The van der Waals surface area contributed by atoms with Crippen LogP contribution in [0, 0.1) is 0 Å². The van der Waals surface area contributed by atoms with Crippen molar-refractivity contribution in [2.45, 2.75) is 70.0 Å². The first-order valence-electron chi connectivity index (χ1n) is 12.4. The van der Waals surface area contributed by atoms with Gasteiger partial charge < -0.3 is 5.32 Å². The Kier molecular flexibility index (Phi) is 5.64. The average molecular weight is 438 g/mol. The summed E-state index contributed by atoms with van der Waals surface area (Å²) in [4.78, 5) is 9.53. The smallest absolute Gasteiger partial charge is 0.161 e. The van der Waals surface area contributed by atoms with E-state index in [2.05, 4.69) is 68.6 Å². The predicted octanol–water partition coefficient (Wildman–Crippen LogP) is 5.18. The first-order chi connectivity index (χ1) is 16.3. The Morgan fingerprint density at radius 3 is 2.33 bits per heavy atom. The second-order valence-corrected chi connectivity index (χ2v) is 9.69. The molecule has 6 rings (SSSR count). The van der Waals surface area contributed by atoms with E-state index < -0.39 is 0 Å². The van der Waals surface area contributed by atoms with E-state index >= 15 is 0 Å². The lowest BCUT2D eigenvalue weighted by atomic mass is 9.96. The van der Waals surface area contributed by atoms with E-state index in [0.29, 0.717) is 12.1 Å². The highest BCUT2D eigenvalue weighted by molar-refractivity contribution is 5.73. The van der Waals surface area contributed by atoms with Crippen LogP contribution in [0.2, 0.25) is 0 Å². The standard InChI is InChI=1S/C28H31N5/c1-2-8-26(9-3-1)33-28-24(19-31-33)18-30-27(32-28)14-20-10-12-21(13-11-20)17-29-25-15-22-6-4-5-7-23(22)16-25/h4-7,10-13,18-19,25-26,29H,1-3,8-9,14-17H2. The Labute approximate surface area is 195 Å². The van der Waals surface area contributed by atoms with E-state index in [9.17, 15) is 0 Å². The van der Waals surface area contributed by atoms with Gasteiger partial charge in [-0.2, -0.15) is 5.10 Å². The highest BCUT2D eigenvalue weighted by Crippen LogP contribution is 2.29. The van der Waals surface area contributed by atoms with Crippen LogP contribution in [-0.4, -0.2) is 25.8 Å². The van der Waals surface area contributed by atoms with Gasteiger partial charge in [0.2, 0.25) is 0 Å². The van der Waals surface area contributed by atoms with Gasteiger partial charge in [-0.3, -0.25) is 0 Å². The summed E-state index contributed by atoms with van der Waals surface area (Å²) < 4.78 is 2.15. The summed E-state index contributed by atoms with van der Waals surface area (Å²) in [7, 11) is 0. The fourth-order valence-electron chi connectivity index (χ4n) is 5.47. The van der Waals surface area contributed by atoms with Crippen LogP contribution in [0.5, 0.6) is 0 Å². The van der Waals surface area contributed by atoms with E-state index in [4.69, 9.17) is 4.98 Å². The third-order valence-corrected chi connectivity index (χ3v) is 7.34. The summed E-state index contributed by atoms with van der Waals surface area (Å²) in [6, 6.07) is 18.7. The highest BCUT2D eigenvalue weighted by atomic mass is 15.3. The van der Waals surface area contributed by atoms with Crippen molar-refractivity contribution in [3.63, 3.8) is 0 Å². The Morgan fingerprint density at radius 1 is 0.848 bits per heavy atom. The molecule has 1 fully saturated rings. The number of fused-ring (bicyclic) bond motifs is 2. The minimum Gasteiger partial charge on any atom is -0.309 e. The van der Waals surface area contributed by atoms with E-state index in [1.165, 1.54) is 54.4 Å². The molecule has 0 saturated heterocycles. The molecule has 0 radical (unpaired) electrons. The van der Waals surface area contributed by atoms with Gasteiger partial charge in [0.15, 0.2) is 5.65 Å². The van der Waals surface area contributed by atoms with E-state index in [1.54, 1.807) is 0 Å². The van der Waals surface area contributed by atoms with Crippen LogP contribution in [0.3, 0.4) is 0 Å². The molecule has 0 amide bonds. The van der Waals surface area contributed by atoms with Crippen molar-refractivity contribution in [1.82, 2.24) is 25.1 Å². The van der Waals surface area contributed by atoms with Crippen LogP contribution < -0.4 is 5.32 Å². The normalized spacial score (nSPS) is 17.0. The van der Waals surface area contributed by atoms with Gasteiger partial charge in [-0.15, -0.1) is 0 Å². The molecule has 1 N–H and O–H groups in total. The molecule has 0 aliphatic heterocycles. The van der Waals surface area contributed by atoms with Gasteiger partial charge in [0, 0.05) is 25.2 Å². The predicted molar refractivity (Wildman–Crippen MR) is 131 cm³/mol. The largest absolute Gasteiger partial charge is 0.309 e. The molecule has 168 valence electrons. The van der Waals surface area contributed by atoms with E-state index in [1.807, 2.05) is 12.4 Å². The maximum absolute atomic E-state index is 4.91. The minimum atomic E-state index is 0.485. The van der Waals surface area contributed by atoms with Crippen molar-refractivity contribution >= 4 is 11.0 Å². The molecule has 2 aliphatic rings. The summed E-state index contributed by atoms with van der Waals surface area (Å²) in [5.74, 6) is 0.870. The van der Waals surface area contributed by atoms with E-state index in [-0.39, 0.29) is 0 Å². The molecule has 2 aliphatic carbocycles. The van der Waals surface area contributed by atoms with Crippen LogP contribution in [0.4, 0.5) is 0 Å². The molecule has 0 atom stereocenters. The van der Waals surface area contributed by atoms with Crippen LogP contribution >= 0.6 is 0 Å². The summed E-state index contributed by atoms with van der Waals surface area (Å²) >= 11 is 0. The van der Waals surface area contributed by atoms with Gasteiger partial charge in [0.05, 0.1) is 17.6 Å². The van der Waals surface area contributed by atoms with Crippen LogP contribution in [-0.2, 0) is 25.8 Å². The van der Waals surface area contributed by atoms with Crippen molar-refractivity contribution in [3.05, 3.63) is 89.0 Å². The van der Waals surface area contributed by atoms with Crippen molar-refractivity contribution in [2.75, 3.05) is 0 Å². The lowest BCUT2D eigenvalue weighted by molar-refractivity contribution is 0.335. The average Bonchev–Trinajstić information content (AvgIpc) is 3.48. The number of benzene rings is 2. The molecule has 2 heterocycles. The van der Waals surface area contributed by atoms with Gasteiger partial charge in [-0.05, 0) is 47.9 Å². The summed E-state index contributed by atoms with van der Waals surface area (Å²) in [6.07, 6.45) is 13.2. The number of rotatable bonds is 6. The Balaban J connectivity index is 1.09. The molecule has 0 bridgehead atoms. The maximum atomic E-state index is 4.91. The summed E-state index contributed by atoms with van der Waals surface area (Å²) in [5, 5.41) is 9.43. The number of hydrogen-bond donors (Lipinski definition) is 1. The zero-order chi connectivity index (χ0) is 22.0. The number of aromatic nitrogens is 4. The quantitative estimate of drug-likeness (QED) is 0.452. The third-order valence-electron chi connectivity index (χ3n) is 7.34. The first kappa shape index (κ1) is 20.5. The molecular weight excluding hydrogens is 406 g/mol. The van der Waals surface area contributed by atoms with Crippen molar-refractivity contribution in [2.24, 2.45) is 0 Å². The first-order valence-corrected chi connectivity index (χ1v) is 12.4. The zero-order valence-corrected chi connectivity index (χ0v) is 19.1. The molecule has 1 saturated carbocycles. The van der Waals surface area contributed by atoms with Gasteiger partial charge in [0.1, 0.15) is 5.82 Å². The third kappa shape index (κ3) is 4.42. The van der Waals surface area contributed by atoms with Crippen molar-refractivity contribution in [3.8, 4) is 0 Å². The molecule has 0 spiro atoms. The topological polar surface area (TPSA) is 55.6 Å². The lowest BCUT2D eigenvalue weighted by Gasteiger charge is -2.22. The lowest BCUT2D eigenvalue weighted by Crippen LogP contribution is -2.28. The zero-order valence-electron chi connectivity index (χ0n) is 19.1. The Bertz CT molecular complexity index is 1210. The molecule has 33 heavy (non-hydrogen) atoms.